The number of benzene rings is 1. The van der Waals surface area contributed by atoms with Crippen LogP contribution in [0.25, 0.3) is 11.3 Å². The zero-order valence-corrected chi connectivity index (χ0v) is 9.65. The van der Waals surface area contributed by atoms with E-state index in [2.05, 4.69) is 14.9 Å². The van der Waals surface area contributed by atoms with E-state index in [4.69, 9.17) is 0 Å². The Kier molecular flexibility index (Phi) is 2.35. The van der Waals surface area contributed by atoms with Crippen LogP contribution < -0.4 is 4.90 Å². The second-order valence-electron chi connectivity index (χ2n) is 4.47. The highest BCUT2D eigenvalue weighted by molar-refractivity contribution is 5.60. The molecule has 0 spiro atoms. The van der Waals surface area contributed by atoms with Gasteiger partial charge in [-0.2, -0.15) is 0 Å². The molecule has 0 bridgehead atoms. The van der Waals surface area contributed by atoms with Crippen LogP contribution in [0.15, 0.2) is 30.5 Å². The summed E-state index contributed by atoms with van der Waals surface area (Å²) in [6.07, 6.45) is 4.27. The molecule has 2 aromatic rings. The summed E-state index contributed by atoms with van der Waals surface area (Å²) in [4.78, 5) is 9.77. The van der Waals surface area contributed by atoms with Gasteiger partial charge in [0, 0.05) is 13.1 Å². The van der Waals surface area contributed by atoms with Gasteiger partial charge in [0.15, 0.2) is 0 Å². The number of hydrogen-bond acceptors (Lipinski definition) is 2. The van der Waals surface area contributed by atoms with Gasteiger partial charge in [-0.3, -0.25) is 0 Å². The number of aromatic amines is 1. The summed E-state index contributed by atoms with van der Waals surface area (Å²) in [7, 11) is 2.05. The van der Waals surface area contributed by atoms with E-state index in [1.54, 1.807) is 18.3 Å². The van der Waals surface area contributed by atoms with E-state index in [0.717, 1.165) is 17.2 Å². The summed E-state index contributed by atoms with van der Waals surface area (Å²) < 4.78 is 12.8. The summed E-state index contributed by atoms with van der Waals surface area (Å²) in [6, 6.07) is 7.05. The predicted octanol–water partition coefficient (Wildman–Crippen LogP) is 2.81. The highest BCUT2D eigenvalue weighted by Crippen LogP contribution is 2.29. The molecule has 0 amide bonds. The van der Waals surface area contributed by atoms with E-state index < -0.39 is 0 Å². The lowest BCUT2D eigenvalue weighted by molar-refractivity contribution is 0.628. The van der Waals surface area contributed by atoms with Crippen LogP contribution in [-0.2, 0) is 0 Å². The van der Waals surface area contributed by atoms with Gasteiger partial charge in [-0.15, -0.1) is 0 Å². The van der Waals surface area contributed by atoms with Crippen LogP contribution in [0.2, 0.25) is 0 Å². The van der Waals surface area contributed by atoms with Crippen LogP contribution in [0, 0.1) is 5.82 Å². The molecule has 4 heteroatoms. The molecule has 1 aliphatic rings. The Hall–Kier alpha value is -1.84. The molecule has 0 saturated heterocycles. The van der Waals surface area contributed by atoms with Gasteiger partial charge in [-0.1, -0.05) is 0 Å². The van der Waals surface area contributed by atoms with Gasteiger partial charge in [0.2, 0.25) is 5.95 Å². The van der Waals surface area contributed by atoms with E-state index in [1.165, 1.54) is 25.0 Å². The maximum Gasteiger partial charge on any atom is 0.203 e. The number of imidazole rings is 1. The van der Waals surface area contributed by atoms with Gasteiger partial charge in [-0.05, 0) is 42.7 Å². The summed E-state index contributed by atoms with van der Waals surface area (Å²) in [5.74, 6) is 0.662. The van der Waals surface area contributed by atoms with Crippen molar-refractivity contribution in [2.45, 2.75) is 18.9 Å². The number of H-pyrrole nitrogens is 1. The van der Waals surface area contributed by atoms with Crippen LogP contribution in [0.3, 0.4) is 0 Å². The van der Waals surface area contributed by atoms with Gasteiger partial charge in [0.1, 0.15) is 5.82 Å². The fraction of sp³-hybridized carbons (Fsp3) is 0.308. The Morgan fingerprint density at radius 2 is 2.00 bits per heavy atom. The molecule has 88 valence electrons. The molecular formula is C13H14FN3. The minimum atomic E-state index is -0.219. The first-order chi connectivity index (χ1) is 8.24. The van der Waals surface area contributed by atoms with Gasteiger partial charge in [-0.25, -0.2) is 9.37 Å². The maximum atomic E-state index is 12.8. The first kappa shape index (κ1) is 10.3. The first-order valence-corrected chi connectivity index (χ1v) is 5.78. The number of halogens is 1. The van der Waals surface area contributed by atoms with Crippen molar-refractivity contribution in [2.24, 2.45) is 0 Å². The molecular weight excluding hydrogens is 217 g/mol. The van der Waals surface area contributed by atoms with Crippen LogP contribution in [0.5, 0.6) is 0 Å². The minimum absolute atomic E-state index is 0.219. The normalized spacial score (nSPS) is 14.9. The Bertz CT molecular complexity index is 514. The van der Waals surface area contributed by atoms with Gasteiger partial charge < -0.3 is 9.88 Å². The largest absolute Gasteiger partial charge is 0.342 e. The molecule has 1 saturated carbocycles. The van der Waals surface area contributed by atoms with Gasteiger partial charge in [0.05, 0.1) is 11.9 Å². The van der Waals surface area contributed by atoms with Crippen molar-refractivity contribution < 1.29 is 4.39 Å². The highest BCUT2D eigenvalue weighted by atomic mass is 19.1. The molecule has 0 radical (unpaired) electrons. The third-order valence-electron chi connectivity index (χ3n) is 3.15. The fourth-order valence-electron chi connectivity index (χ4n) is 1.90. The lowest BCUT2D eigenvalue weighted by Crippen LogP contribution is -2.20. The average Bonchev–Trinajstić information content (AvgIpc) is 3.07. The Labute approximate surface area is 99.3 Å². The second kappa shape index (κ2) is 3.87. The van der Waals surface area contributed by atoms with E-state index in [-0.39, 0.29) is 5.82 Å². The van der Waals surface area contributed by atoms with Gasteiger partial charge >= 0.3 is 0 Å². The van der Waals surface area contributed by atoms with Crippen molar-refractivity contribution in [1.29, 1.82) is 0 Å². The van der Waals surface area contributed by atoms with E-state index in [0.29, 0.717) is 6.04 Å². The van der Waals surface area contributed by atoms with Crippen molar-refractivity contribution in [3.05, 3.63) is 36.3 Å². The Morgan fingerprint density at radius 1 is 1.29 bits per heavy atom. The van der Waals surface area contributed by atoms with E-state index in [1.807, 2.05) is 7.05 Å². The summed E-state index contributed by atoms with van der Waals surface area (Å²) in [6.45, 7) is 0. The van der Waals surface area contributed by atoms with E-state index >= 15 is 0 Å². The summed E-state index contributed by atoms with van der Waals surface area (Å²) in [5, 5.41) is 0. The number of rotatable bonds is 3. The van der Waals surface area contributed by atoms with Crippen LogP contribution in [0.4, 0.5) is 10.3 Å². The van der Waals surface area contributed by atoms with Crippen LogP contribution in [-0.4, -0.2) is 23.1 Å². The SMILES string of the molecule is CN(c1ncc(-c2ccc(F)cc2)[nH]1)C1CC1. The number of anilines is 1. The monoisotopic (exact) mass is 231 g/mol. The molecule has 17 heavy (non-hydrogen) atoms. The molecule has 1 aromatic carbocycles. The zero-order valence-electron chi connectivity index (χ0n) is 9.65. The fourth-order valence-corrected chi connectivity index (χ4v) is 1.90. The molecule has 1 aliphatic carbocycles. The molecule has 1 aromatic heterocycles. The molecule has 0 unspecified atom stereocenters. The van der Waals surface area contributed by atoms with Crippen molar-refractivity contribution in [3.63, 3.8) is 0 Å². The third kappa shape index (κ3) is 2.02. The van der Waals surface area contributed by atoms with Gasteiger partial charge in [0.25, 0.3) is 0 Å². The Balaban J connectivity index is 1.86. The van der Waals surface area contributed by atoms with Crippen LogP contribution in [0.1, 0.15) is 12.8 Å². The van der Waals surface area contributed by atoms with Crippen molar-refractivity contribution in [3.8, 4) is 11.3 Å². The summed E-state index contributed by atoms with van der Waals surface area (Å²) >= 11 is 0. The number of hydrogen-bond donors (Lipinski definition) is 1. The molecule has 3 rings (SSSR count). The quantitative estimate of drug-likeness (QED) is 0.880. The first-order valence-electron chi connectivity index (χ1n) is 5.78. The topological polar surface area (TPSA) is 31.9 Å². The van der Waals surface area contributed by atoms with Crippen molar-refractivity contribution >= 4 is 5.95 Å². The molecule has 0 aliphatic heterocycles. The number of nitrogens with zero attached hydrogens (tertiary/aromatic N) is 2. The highest BCUT2D eigenvalue weighted by Gasteiger charge is 2.27. The maximum absolute atomic E-state index is 12.8. The second-order valence-corrected chi connectivity index (χ2v) is 4.47. The standard InChI is InChI=1S/C13H14FN3/c1-17(11-6-7-11)13-15-8-12(16-13)9-2-4-10(14)5-3-9/h2-5,8,11H,6-7H2,1H3,(H,15,16). The van der Waals surface area contributed by atoms with Crippen molar-refractivity contribution in [2.75, 3.05) is 11.9 Å². The average molecular weight is 231 g/mol. The molecule has 3 nitrogen and oxygen atoms in total. The molecule has 1 N–H and O–H groups in total. The molecule has 1 fully saturated rings. The smallest absolute Gasteiger partial charge is 0.203 e. The number of nitrogens with one attached hydrogen (secondary N) is 1. The Morgan fingerprint density at radius 3 is 2.65 bits per heavy atom. The third-order valence-corrected chi connectivity index (χ3v) is 3.15. The number of aromatic nitrogens is 2. The van der Waals surface area contributed by atoms with E-state index in [9.17, 15) is 4.39 Å². The lowest BCUT2D eigenvalue weighted by atomic mass is 10.2. The van der Waals surface area contributed by atoms with Crippen LogP contribution >= 0.6 is 0 Å². The summed E-state index contributed by atoms with van der Waals surface area (Å²) in [5.41, 5.74) is 1.88. The minimum Gasteiger partial charge on any atom is -0.342 e. The lowest BCUT2D eigenvalue weighted by Gasteiger charge is -2.13. The molecule has 0 atom stereocenters. The predicted molar refractivity (Wildman–Crippen MR) is 65.4 cm³/mol. The molecule has 1 heterocycles. The van der Waals surface area contributed by atoms with Crippen molar-refractivity contribution in [1.82, 2.24) is 9.97 Å². The zero-order chi connectivity index (χ0) is 11.8.